The topological polar surface area (TPSA) is 58.9 Å². The van der Waals surface area contributed by atoms with Crippen molar-refractivity contribution < 1.29 is 4.92 Å². The highest BCUT2D eigenvalue weighted by molar-refractivity contribution is 14.1. The molecule has 48 valence electrons. The Kier molecular flexibility index (Phi) is 1.70. The highest BCUT2D eigenvalue weighted by atomic mass is 127. The van der Waals surface area contributed by atoms with E-state index in [2.05, 4.69) is 4.98 Å². The van der Waals surface area contributed by atoms with E-state index in [-0.39, 0.29) is 5.82 Å². The molecule has 0 atom stereocenters. The molecule has 0 aromatic carbocycles. The van der Waals surface area contributed by atoms with Crippen molar-refractivity contribution in [2.24, 2.45) is 0 Å². The molecule has 0 fully saturated rings. The Morgan fingerprint density at radius 3 is 2.67 bits per heavy atom. The molecule has 4 nitrogen and oxygen atoms in total. The van der Waals surface area contributed by atoms with Crippen LogP contribution in [0.1, 0.15) is 0 Å². The van der Waals surface area contributed by atoms with Gasteiger partial charge in [0, 0.05) is 6.07 Å². The molecule has 0 amide bonds. The van der Waals surface area contributed by atoms with Gasteiger partial charge < -0.3 is 10.1 Å². The first-order valence-electron chi connectivity index (χ1n) is 2.18. The standard InChI is InChI=1S/C4H3IN2O2/c5-3-1-4(6-2-3)7(8)9/h1-2,6H. The van der Waals surface area contributed by atoms with Crippen LogP contribution in [0, 0.1) is 13.7 Å². The van der Waals surface area contributed by atoms with E-state index in [1.54, 1.807) is 6.20 Å². The summed E-state index contributed by atoms with van der Waals surface area (Å²) in [4.78, 5) is 12.0. The summed E-state index contributed by atoms with van der Waals surface area (Å²) in [7, 11) is 0. The molecule has 0 aliphatic heterocycles. The predicted molar refractivity (Wildman–Crippen MR) is 40.2 cm³/mol. The van der Waals surface area contributed by atoms with Crippen LogP contribution in [0.25, 0.3) is 0 Å². The van der Waals surface area contributed by atoms with Crippen LogP contribution in [0.3, 0.4) is 0 Å². The first kappa shape index (κ1) is 6.53. The van der Waals surface area contributed by atoms with Crippen molar-refractivity contribution in [3.05, 3.63) is 25.9 Å². The summed E-state index contributed by atoms with van der Waals surface area (Å²) in [5.74, 6) is 0.0411. The average molecular weight is 238 g/mol. The minimum atomic E-state index is -0.456. The average Bonchev–Trinajstić information content (AvgIpc) is 2.14. The molecule has 1 rings (SSSR count). The van der Waals surface area contributed by atoms with Gasteiger partial charge in [0.2, 0.25) is 0 Å². The normalized spacial score (nSPS) is 9.44. The van der Waals surface area contributed by atoms with Crippen molar-refractivity contribution in [1.29, 1.82) is 0 Å². The molecule has 0 bridgehead atoms. The number of aromatic nitrogens is 1. The van der Waals surface area contributed by atoms with Crippen LogP contribution in [0.15, 0.2) is 12.3 Å². The third-order valence-electron chi connectivity index (χ3n) is 0.829. The third-order valence-corrected chi connectivity index (χ3v) is 1.45. The second-order valence-corrected chi connectivity index (χ2v) is 2.71. The second-order valence-electron chi connectivity index (χ2n) is 1.46. The maximum Gasteiger partial charge on any atom is 0.321 e. The van der Waals surface area contributed by atoms with Gasteiger partial charge in [0.25, 0.3) is 0 Å². The van der Waals surface area contributed by atoms with Gasteiger partial charge in [-0.25, -0.2) is 4.98 Å². The monoisotopic (exact) mass is 238 g/mol. The number of nitrogens with zero attached hydrogens (tertiary/aromatic N) is 1. The Bertz CT molecular complexity index is 232. The Hall–Kier alpha value is -0.590. The lowest BCUT2D eigenvalue weighted by molar-refractivity contribution is -0.389. The number of aromatic amines is 1. The Labute approximate surface area is 64.6 Å². The minimum absolute atomic E-state index is 0.0411. The maximum atomic E-state index is 9.99. The van der Waals surface area contributed by atoms with E-state index in [0.717, 1.165) is 3.57 Å². The zero-order valence-corrected chi connectivity index (χ0v) is 6.45. The van der Waals surface area contributed by atoms with Crippen molar-refractivity contribution in [2.45, 2.75) is 0 Å². The molecule has 0 aliphatic rings. The largest absolute Gasteiger partial charge is 0.358 e. The fourth-order valence-corrected chi connectivity index (χ4v) is 0.913. The number of hydrogen-bond acceptors (Lipinski definition) is 2. The van der Waals surface area contributed by atoms with E-state index in [0.29, 0.717) is 0 Å². The molecule has 1 aromatic rings. The van der Waals surface area contributed by atoms with Crippen LogP contribution in [0.2, 0.25) is 0 Å². The van der Waals surface area contributed by atoms with Gasteiger partial charge in [-0.15, -0.1) is 0 Å². The summed E-state index contributed by atoms with van der Waals surface area (Å²) in [6, 6.07) is 1.47. The zero-order chi connectivity index (χ0) is 6.85. The van der Waals surface area contributed by atoms with Crippen LogP contribution in [0.5, 0.6) is 0 Å². The molecule has 0 spiro atoms. The summed E-state index contributed by atoms with van der Waals surface area (Å²) in [5.41, 5.74) is 0. The fraction of sp³-hybridized carbons (Fsp3) is 0. The summed E-state index contributed by atoms with van der Waals surface area (Å²) in [5, 5.41) is 9.99. The number of nitrogens with one attached hydrogen (secondary N) is 1. The highest BCUT2D eigenvalue weighted by Crippen LogP contribution is 2.11. The van der Waals surface area contributed by atoms with E-state index < -0.39 is 4.92 Å². The molecule has 5 heteroatoms. The number of halogens is 1. The second kappa shape index (κ2) is 2.34. The van der Waals surface area contributed by atoms with Gasteiger partial charge in [-0.2, -0.15) is 0 Å². The van der Waals surface area contributed by atoms with Crippen LogP contribution in [0.4, 0.5) is 5.82 Å². The van der Waals surface area contributed by atoms with Gasteiger partial charge in [0.15, 0.2) is 0 Å². The van der Waals surface area contributed by atoms with Crippen molar-refractivity contribution in [1.82, 2.24) is 4.98 Å². The predicted octanol–water partition coefficient (Wildman–Crippen LogP) is 1.53. The van der Waals surface area contributed by atoms with E-state index in [4.69, 9.17) is 0 Å². The highest BCUT2D eigenvalue weighted by Gasteiger charge is 2.03. The molecule has 0 aliphatic carbocycles. The van der Waals surface area contributed by atoms with Gasteiger partial charge in [-0.05, 0) is 27.5 Å². The molecule has 0 saturated carbocycles. The van der Waals surface area contributed by atoms with Crippen LogP contribution in [-0.4, -0.2) is 9.91 Å². The SMILES string of the molecule is O=[N+]([O-])c1cc(I)c[nH]1. The molecule has 9 heavy (non-hydrogen) atoms. The van der Waals surface area contributed by atoms with Gasteiger partial charge in [-0.1, -0.05) is 0 Å². The summed E-state index contributed by atoms with van der Waals surface area (Å²) >= 11 is 2.00. The minimum Gasteiger partial charge on any atom is -0.358 e. The molecule has 0 saturated heterocycles. The number of nitro groups is 1. The lowest BCUT2D eigenvalue weighted by Crippen LogP contribution is -1.85. The van der Waals surface area contributed by atoms with Crippen molar-refractivity contribution in [3.63, 3.8) is 0 Å². The third kappa shape index (κ3) is 1.41. The molecule has 1 N–H and O–H groups in total. The Balaban J connectivity index is 2.98. The zero-order valence-electron chi connectivity index (χ0n) is 4.30. The van der Waals surface area contributed by atoms with Gasteiger partial charge >= 0.3 is 5.82 Å². The van der Waals surface area contributed by atoms with Gasteiger partial charge in [0.05, 0.1) is 3.57 Å². The molecule has 0 radical (unpaired) electrons. The van der Waals surface area contributed by atoms with Gasteiger partial charge in [-0.3, -0.25) is 0 Å². The van der Waals surface area contributed by atoms with E-state index in [9.17, 15) is 10.1 Å². The van der Waals surface area contributed by atoms with Crippen molar-refractivity contribution in [2.75, 3.05) is 0 Å². The van der Waals surface area contributed by atoms with E-state index in [1.165, 1.54) is 6.07 Å². The number of rotatable bonds is 1. The molecular weight excluding hydrogens is 235 g/mol. The number of hydrogen-bond donors (Lipinski definition) is 1. The molecule has 1 heterocycles. The van der Waals surface area contributed by atoms with Crippen molar-refractivity contribution >= 4 is 28.4 Å². The first-order valence-corrected chi connectivity index (χ1v) is 3.26. The molecule has 0 unspecified atom stereocenters. The summed E-state index contributed by atoms with van der Waals surface area (Å²) in [6.07, 6.45) is 1.58. The maximum absolute atomic E-state index is 9.99. The lowest BCUT2D eigenvalue weighted by atomic mass is 10.6. The first-order chi connectivity index (χ1) is 4.20. The van der Waals surface area contributed by atoms with E-state index >= 15 is 0 Å². The smallest absolute Gasteiger partial charge is 0.321 e. The molecule has 1 aromatic heterocycles. The quantitative estimate of drug-likeness (QED) is 0.458. The lowest BCUT2D eigenvalue weighted by Gasteiger charge is -1.84. The van der Waals surface area contributed by atoms with Gasteiger partial charge in [0.1, 0.15) is 6.20 Å². The van der Waals surface area contributed by atoms with Crippen LogP contribution in [-0.2, 0) is 0 Å². The van der Waals surface area contributed by atoms with Crippen LogP contribution >= 0.6 is 22.6 Å². The number of H-pyrrole nitrogens is 1. The fourth-order valence-electron chi connectivity index (χ4n) is 0.462. The van der Waals surface area contributed by atoms with Crippen LogP contribution < -0.4 is 0 Å². The van der Waals surface area contributed by atoms with E-state index in [1.807, 2.05) is 22.6 Å². The van der Waals surface area contributed by atoms with Crippen molar-refractivity contribution in [3.8, 4) is 0 Å². The Morgan fingerprint density at radius 2 is 2.44 bits per heavy atom. The summed E-state index contributed by atoms with van der Waals surface area (Å²) < 4.78 is 0.847. The summed E-state index contributed by atoms with van der Waals surface area (Å²) in [6.45, 7) is 0. The Morgan fingerprint density at radius 1 is 1.78 bits per heavy atom. The molecular formula is C4H3IN2O2.